The maximum Gasteiger partial charge on any atom is 0.339 e. The Morgan fingerprint density at radius 3 is 2.66 bits per heavy atom. The summed E-state index contributed by atoms with van der Waals surface area (Å²) in [6, 6.07) is 9.93. The van der Waals surface area contributed by atoms with Crippen molar-refractivity contribution >= 4 is 28.8 Å². The number of ether oxygens (including phenoxy) is 1. The summed E-state index contributed by atoms with van der Waals surface area (Å²) in [5, 5.41) is 5.23. The summed E-state index contributed by atoms with van der Waals surface area (Å²) in [4.78, 5) is 40.9. The van der Waals surface area contributed by atoms with Gasteiger partial charge in [0.25, 0.3) is 5.91 Å². The minimum atomic E-state index is -0.734. The molecule has 150 valence electrons. The highest BCUT2D eigenvalue weighted by atomic mass is 16.5. The molecule has 3 rings (SSSR count). The molecule has 29 heavy (non-hydrogen) atoms. The van der Waals surface area contributed by atoms with E-state index in [4.69, 9.17) is 9.15 Å². The zero-order valence-corrected chi connectivity index (χ0v) is 16.2. The van der Waals surface area contributed by atoms with Crippen LogP contribution in [0.4, 0.5) is 4.79 Å². The van der Waals surface area contributed by atoms with Crippen LogP contribution in [0.15, 0.2) is 47.1 Å². The van der Waals surface area contributed by atoms with Crippen molar-refractivity contribution in [2.45, 2.75) is 26.8 Å². The number of furan rings is 1. The van der Waals surface area contributed by atoms with Crippen molar-refractivity contribution in [2.75, 3.05) is 6.61 Å². The number of aromatic nitrogens is 1. The third-order valence-corrected chi connectivity index (χ3v) is 4.37. The van der Waals surface area contributed by atoms with Crippen LogP contribution in [-0.2, 0) is 22.5 Å². The van der Waals surface area contributed by atoms with Crippen molar-refractivity contribution in [1.29, 1.82) is 0 Å². The Kier molecular flexibility index (Phi) is 6.23. The molecular weight excluding hydrogens is 374 g/mol. The predicted octanol–water partition coefficient (Wildman–Crippen LogP) is 2.88. The van der Waals surface area contributed by atoms with E-state index in [0.717, 1.165) is 5.69 Å². The molecule has 0 radical (unpaired) electrons. The van der Waals surface area contributed by atoms with Crippen molar-refractivity contribution in [3.8, 4) is 0 Å². The number of nitrogens with one attached hydrogen (secondary N) is 2. The van der Waals surface area contributed by atoms with Crippen molar-refractivity contribution in [3.05, 3.63) is 65.2 Å². The van der Waals surface area contributed by atoms with E-state index in [0.29, 0.717) is 34.2 Å². The number of fused-ring (bicyclic) bond motifs is 1. The molecule has 8 nitrogen and oxygen atoms in total. The van der Waals surface area contributed by atoms with E-state index in [9.17, 15) is 14.4 Å². The van der Waals surface area contributed by atoms with Gasteiger partial charge in [-0.3, -0.25) is 15.1 Å². The zero-order chi connectivity index (χ0) is 20.8. The number of pyridine rings is 1. The Bertz CT molecular complexity index is 1040. The number of carbonyl (C=O) groups is 3. The van der Waals surface area contributed by atoms with Crippen LogP contribution in [0.5, 0.6) is 0 Å². The van der Waals surface area contributed by atoms with Crippen LogP contribution >= 0.6 is 0 Å². The van der Waals surface area contributed by atoms with Crippen molar-refractivity contribution < 1.29 is 23.5 Å². The molecule has 0 aliphatic carbocycles. The molecule has 3 amide bonds. The molecule has 0 atom stereocenters. The van der Waals surface area contributed by atoms with Crippen LogP contribution in [0, 0.1) is 6.92 Å². The lowest BCUT2D eigenvalue weighted by Gasteiger charge is -2.13. The van der Waals surface area contributed by atoms with Gasteiger partial charge in [-0.15, -0.1) is 0 Å². The van der Waals surface area contributed by atoms with Crippen LogP contribution in [0.2, 0.25) is 0 Å². The number of hydrogen-bond donors (Lipinski definition) is 2. The smallest absolute Gasteiger partial charge is 0.339 e. The van der Waals surface area contributed by atoms with Gasteiger partial charge in [-0.05, 0) is 37.1 Å². The number of nitrogens with zero attached hydrogens (tertiary/aromatic N) is 1. The monoisotopic (exact) mass is 395 g/mol. The quantitative estimate of drug-likeness (QED) is 0.621. The second-order valence-electron chi connectivity index (χ2n) is 6.32. The van der Waals surface area contributed by atoms with Gasteiger partial charge in [-0.25, -0.2) is 9.59 Å². The largest absolute Gasteiger partial charge is 0.467 e. The molecule has 2 aromatic heterocycles. The first-order chi connectivity index (χ1) is 14.0. The van der Waals surface area contributed by atoms with Gasteiger partial charge in [-0.1, -0.05) is 25.1 Å². The summed E-state index contributed by atoms with van der Waals surface area (Å²) in [6.45, 7) is 3.31. The van der Waals surface area contributed by atoms with Crippen molar-refractivity contribution in [2.24, 2.45) is 0 Å². The van der Waals surface area contributed by atoms with Gasteiger partial charge >= 0.3 is 12.0 Å². The molecule has 2 N–H and O–H groups in total. The summed E-state index contributed by atoms with van der Waals surface area (Å²) < 4.78 is 10.2. The highest BCUT2D eigenvalue weighted by Gasteiger charge is 2.20. The Morgan fingerprint density at radius 2 is 1.93 bits per heavy atom. The van der Waals surface area contributed by atoms with Crippen LogP contribution < -0.4 is 10.6 Å². The fourth-order valence-corrected chi connectivity index (χ4v) is 2.96. The molecule has 1 aromatic carbocycles. The van der Waals surface area contributed by atoms with E-state index in [1.165, 1.54) is 6.26 Å². The van der Waals surface area contributed by atoms with Gasteiger partial charge in [0.05, 0.1) is 23.9 Å². The van der Waals surface area contributed by atoms with Crippen LogP contribution in [0.25, 0.3) is 10.9 Å². The van der Waals surface area contributed by atoms with E-state index in [-0.39, 0.29) is 6.54 Å². The van der Waals surface area contributed by atoms with Gasteiger partial charge in [0.15, 0.2) is 6.61 Å². The van der Waals surface area contributed by atoms with E-state index in [1.54, 1.807) is 25.1 Å². The maximum absolute atomic E-state index is 12.7. The van der Waals surface area contributed by atoms with Gasteiger partial charge in [0.2, 0.25) is 0 Å². The Hall–Kier alpha value is -3.68. The standard InChI is InChI=1S/C21H21N3O5/c1-3-16-13(2)19(15-8-4-5-9-17(15)23-16)20(26)29-12-18(25)24-21(27)22-11-14-7-6-10-28-14/h4-10H,3,11-12H2,1-2H3,(H2,22,24,25,27). The van der Waals surface area contributed by atoms with E-state index in [2.05, 4.69) is 15.6 Å². The summed E-state index contributed by atoms with van der Waals surface area (Å²) in [6.07, 6.45) is 2.14. The second kappa shape index (κ2) is 9.01. The number of imide groups is 1. The fourth-order valence-electron chi connectivity index (χ4n) is 2.96. The molecule has 0 bridgehead atoms. The lowest BCUT2D eigenvalue weighted by atomic mass is 10.0. The SMILES string of the molecule is CCc1nc2ccccc2c(C(=O)OCC(=O)NC(=O)NCc2ccco2)c1C. The van der Waals surface area contributed by atoms with Gasteiger partial charge < -0.3 is 14.5 Å². The number of rotatable bonds is 6. The van der Waals surface area contributed by atoms with Crippen molar-refractivity contribution in [1.82, 2.24) is 15.6 Å². The maximum atomic E-state index is 12.7. The summed E-state index contributed by atoms with van der Waals surface area (Å²) in [5.74, 6) is -0.824. The molecule has 0 unspecified atom stereocenters. The minimum Gasteiger partial charge on any atom is -0.467 e. The van der Waals surface area contributed by atoms with Gasteiger partial charge in [0, 0.05) is 11.1 Å². The van der Waals surface area contributed by atoms with E-state index in [1.807, 2.05) is 25.1 Å². The summed E-state index contributed by atoms with van der Waals surface area (Å²) in [5.41, 5.74) is 2.57. The lowest BCUT2D eigenvalue weighted by molar-refractivity contribution is -0.123. The average Bonchev–Trinajstić information content (AvgIpc) is 3.23. The first kappa shape index (κ1) is 20.1. The number of benzene rings is 1. The lowest BCUT2D eigenvalue weighted by Crippen LogP contribution is -2.41. The number of esters is 1. The Labute approximate surface area is 167 Å². The number of para-hydroxylation sites is 1. The molecule has 0 aliphatic heterocycles. The van der Waals surface area contributed by atoms with Crippen LogP contribution in [0.1, 0.15) is 34.3 Å². The molecule has 8 heteroatoms. The van der Waals surface area contributed by atoms with E-state index < -0.39 is 24.5 Å². The first-order valence-electron chi connectivity index (χ1n) is 9.15. The summed E-state index contributed by atoms with van der Waals surface area (Å²) in [7, 11) is 0. The molecular formula is C21H21N3O5. The number of amides is 3. The molecule has 3 aromatic rings. The third-order valence-electron chi connectivity index (χ3n) is 4.37. The Morgan fingerprint density at radius 1 is 1.14 bits per heavy atom. The molecule has 0 saturated heterocycles. The van der Waals surface area contributed by atoms with Gasteiger partial charge in [-0.2, -0.15) is 0 Å². The molecule has 2 heterocycles. The highest BCUT2D eigenvalue weighted by molar-refractivity contribution is 6.05. The fraction of sp³-hybridized carbons (Fsp3) is 0.238. The van der Waals surface area contributed by atoms with Crippen molar-refractivity contribution in [3.63, 3.8) is 0 Å². The molecule has 0 spiro atoms. The Balaban J connectivity index is 1.62. The number of urea groups is 1. The number of aryl methyl sites for hydroxylation is 1. The van der Waals surface area contributed by atoms with E-state index >= 15 is 0 Å². The van der Waals surface area contributed by atoms with Crippen LogP contribution in [0.3, 0.4) is 0 Å². The number of carbonyl (C=O) groups excluding carboxylic acids is 3. The normalized spacial score (nSPS) is 10.6. The molecule has 0 fully saturated rings. The predicted molar refractivity (Wildman–Crippen MR) is 105 cm³/mol. The molecule has 0 saturated carbocycles. The zero-order valence-electron chi connectivity index (χ0n) is 16.2. The minimum absolute atomic E-state index is 0.133. The van der Waals surface area contributed by atoms with Crippen LogP contribution in [-0.4, -0.2) is 29.5 Å². The highest BCUT2D eigenvalue weighted by Crippen LogP contribution is 2.24. The molecule has 0 aliphatic rings. The van der Waals surface area contributed by atoms with Gasteiger partial charge in [0.1, 0.15) is 5.76 Å². The summed E-state index contributed by atoms with van der Waals surface area (Å²) >= 11 is 0. The number of hydrogen-bond acceptors (Lipinski definition) is 6. The topological polar surface area (TPSA) is 111 Å². The average molecular weight is 395 g/mol. The first-order valence-corrected chi connectivity index (χ1v) is 9.15. The third kappa shape index (κ3) is 4.78. The second-order valence-corrected chi connectivity index (χ2v) is 6.32.